The van der Waals surface area contributed by atoms with Crippen molar-refractivity contribution in [3.63, 3.8) is 0 Å². The van der Waals surface area contributed by atoms with Gasteiger partial charge in [0.25, 0.3) is 5.91 Å². The highest BCUT2D eigenvalue weighted by Gasteiger charge is 2.10. The molecule has 20 heavy (non-hydrogen) atoms. The van der Waals surface area contributed by atoms with E-state index in [0.29, 0.717) is 11.3 Å². The Morgan fingerprint density at radius 1 is 1.20 bits per heavy atom. The van der Waals surface area contributed by atoms with Crippen LogP contribution in [0.3, 0.4) is 0 Å². The zero-order valence-electron chi connectivity index (χ0n) is 11.2. The first kappa shape index (κ1) is 13.9. The molecule has 2 aromatic rings. The molecular formula is C15H15FN2O2. The minimum Gasteiger partial charge on any atom is -0.452 e. The molecule has 0 spiro atoms. The Labute approximate surface area is 116 Å². The monoisotopic (exact) mass is 274 g/mol. The van der Waals surface area contributed by atoms with E-state index in [2.05, 4.69) is 5.32 Å². The maximum absolute atomic E-state index is 13.6. The molecule has 5 heteroatoms. The van der Waals surface area contributed by atoms with Crippen molar-refractivity contribution >= 4 is 11.6 Å². The molecule has 0 aliphatic heterocycles. The number of anilines is 1. The Hall–Kier alpha value is -2.56. The first-order valence-electron chi connectivity index (χ1n) is 6.07. The van der Waals surface area contributed by atoms with Gasteiger partial charge >= 0.3 is 0 Å². The van der Waals surface area contributed by atoms with Crippen LogP contribution < -0.4 is 15.8 Å². The number of ether oxygens (including phenoxy) is 1. The molecule has 0 radical (unpaired) electrons. The van der Waals surface area contributed by atoms with Crippen LogP contribution >= 0.6 is 0 Å². The van der Waals surface area contributed by atoms with Crippen LogP contribution in [0.25, 0.3) is 0 Å². The van der Waals surface area contributed by atoms with Gasteiger partial charge in [0.1, 0.15) is 0 Å². The molecule has 0 atom stereocenters. The zero-order valence-corrected chi connectivity index (χ0v) is 11.2. The maximum Gasteiger partial charge on any atom is 0.251 e. The van der Waals surface area contributed by atoms with E-state index in [1.165, 1.54) is 19.2 Å². The average Bonchev–Trinajstić information content (AvgIpc) is 2.44. The van der Waals surface area contributed by atoms with Gasteiger partial charge in [-0.3, -0.25) is 4.79 Å². The highest BCUT2D eigenvalue weighted by Crippen LogP contribution is 2.30. The number of nitrogens with one attached hydrogen (secondary N) is 1. The van der Waals surface area contributed by atoms with E-state index in [0.717, 1.165) is 5.56 Å². The van der Waals surface area contributed by atoms with E-state index in [-0.39, 0.29) is 17.3 Å². The fraction of sp³-hybridized carbons (Fsp3) is 0.133. The van der Waals surface area contributed by atoms with Gasteiger partial charge in [0, 0.05) is 12.6 Å². The topological polar surface area (TPSA) is 64.3 Å². The summed E-state index contributed by atoms with van der Waals surface area (Å²) in [6, 6.07) is 9.17. The predicted molar refractivity (Wildman–Crippen MR) is 75.5 cm³/mol. The van der Waals surface area contributed by atoms with E-state index < -0.39 is 5.82 Å². The van der Waals surface area contributed by atoms with Crippen molar-refractivity contribution in [2.75, 3.05) is 12.8 Å². The van der Waals surface area contributed by atoms with Gasteiger partial charge < -0.3 is 15.8 Å². The van der Waals surface area contributed by atoms with Crippen LogP contribution in [0.5, 0.6) is 11.5 Å². The Bertz CT molecular complexity index is 656. The fourth-order valence-electron chi connectivity index (χ4n) is 1.73. The molecule has 1 amide bonds. The minimum absolute atomic E-state index is 0.101. The predicted octanol–water partition coefficient (Wildman–Crippen LogP) is 2.87. The molecule has 104 valence electrons. The minimum atomic E-state index is -0.467. The molecule has 0 heterocycles. The molecule has 0 unspecified atom stereocenters. The van der Waals surface area contributed by atoms with Gasteiger partial charge in [0.2, 0.25) is 0 Å². The van der Waals surface area contributed by atoms with Crippen molar-refractivity contribution < 1.29 is 13.9 Å². The van der Waals surface area contributed by atoms with E-state index in [1.54, 1.807) is 24.3 Å². The van der Waals surface area contributed by atoms with Crippen LogP contribution in [-0.4, -0.2) is 13.0 Å². The number of amides is 1. The first-order valence-corrected chi connectivity index (χ1v) is 6.07. The number of carbonyl (C=O) groups excluding carboxylic acids is 1. The van der Waals surface area contributed by atoms with E-state index in [4.69, 9.17) is 10.5 Å². The third kappa shape index (κ3) is 2.88. The number of nitrogens with two attached hydrogens (primary N) is 1. The second-order valence-corrected chi connectivity index (χ2v) is 4.37. The van der Waals surface area contributed by atoms with Gasteiger partial charge in [-0.1, -0.05) is 6.07 Å². The average molecular weight is 274 g/mol. The van der Waals surface area contributed by atoms with Crippen LogP contribution in [-0.2, 0) is 0 Å². The molecule has 3 N–H and O–H groups in total. The molecule has 2 aromatic carbocycles. The normalized spacial score (nSPS) is 10.2. The van der Waals surface area contributed by atoms with Crippen molar-refractivity contribution in [2.45, 2.75) is 6.92 Å². The van der Waals surface area contributed by atoms with E-state index in [9.17, 15) is 9.18 Å². The lowest BCUT2D eigenvalue weighted by Gasteiger charge is -2.11. The van der Waals surface area contributed by atoms with Gasteiger partial charge in [-0.25, -0.2) is 4.39 Å². The van der Waals surface area contributed by atoms with Crippen LogP contribution in [0.15, 0.2) is 36.4 Å². The Kier molecular flexibility index (Phi) is 3.89. The highest BCUT2D eigenvalue weighted by atomic mass is 19.1. The summed E-state index contributed by atoms with van der Waals surface area (Å²) in [5.74, 6) is -0.304. The van der Waals surface area contributed by atoms with Crippen molar-refractivity contribution in [3.05, 3.63) is 53.3 Å². The molecule has 0 aliphatic rings. The summed E-state index contributed by atoms with van der Waals surface area (Å²) >= 11 is 0. The second-order valence-electron chi connectivity index (χ2n) is 4.37. The number of rotatable bonds is 3. The molecule has 0 aromatic heterocycles. The molecule has 0 bridgehead atoms. The van der Waals surface area contributed by atoms with Crippen molar-refractivity contribution in [2.24, 2.45) is 0 Å². The molecule has 4 nitrogen and oxygen atoms in total. The maximum atomic E-state index is 13.6. The lowest BCUT2D eigenvalue weighted by atomic mass is 10.1. The van der Waals surface area contributed by atoms with Crippen molar-refractivity contribution in [1.29, 1.82) is 0 Å². The summed E-state index contributed by atoms with van der Waals surface area (Å²) in [6.07, 6.45) is 0. The smallest absolute Gasteiger partial charge is 0.251 e. The number of halogens is 1. The SMILES string of the molecule is CNC(=O)c1ccc(Oc2cc(C)ccc2F)c(N)c1. The highest BCUT2D eigenvalue weighted by molar-refractivity contribution is 5.95. The largest absolute Gasteiger partial charge is 0.452 e. The van der Waals surface area contributed by atoms with Crippen LogP contribution in [0.4, 0.5) is 10.1 Å². The summed E-state index contributed by atoms with van der Waals surface area (Å²) in [5, 5.41) is 2.50. The molecule has 0 aliphatic carbocycles. The number of hydrogen-bond donors (Lipinski definition) is 2. The van der Waals surface area contributed by atoms with Crippen LogP contribution in [0.1, 0.15) is 15.9 Å². The van der Waals surface area contributed by atoms with Crippen molar-refractivity contribution in [3.8, 4) is 11.5 Å². The van der Waals surface area contributed by atoms with Crippen LogP contribution in [0.2, 0.25) is 0 Å². The first-order chi connectivity index (χ1) is 9.51. The molecular weight excluding hydrogens is 259 g/mol. The summed E-state index contributed by atoms with van der Waals surface area (Å²) in [4.78, 5) is 11.5. The van der Waals surface area contributed by atoms with Crippen LogP contribution in [0, 0.1) is 12.7 Å². The fourth-order valence-corrected chi connectivity index (χ4v) is 1.73. The lowest BCUT2D eigenvalue weighted by molar-refractivity contribution is 0.0963. The quantitative estimate of drug-likeness (QED) is 0.846. The molecule has 0 saturated heterocycles. The van der Waals surface area contributed by atoms with Gasteiger partial charge in [-0.15, -0.1) is 0 Å². The number of carbonyl (C=O) groups is 1. The summed E-state index contributed by atoms with van der Waals surface area (Å²) in [7, 11) is 1.53. The third-order valence-electron chi connectivity index (χ3n) is 2.81. The summed E-state index contributed by atoms with van der Waals surface area (Å²) in [5.41, 5.74) is 7.39. The third-order valence-corrected chi connectivity index (χ3v) is 2.81. The Balaban J connectivity index is 2.30. The van der Waals surface area contributed by atoms with Gasteiger partial charge in [-0.2, -0.15) is 0 Å². The van der Waals surface area contributed by atoms with E-state index >= 15 is 0 Å². The van der Waals surface area contributed by atoms with Gasteiger partial charge in [0.05, 0.1) is 5.69 Å². The van der Waals surface area contributed by atoms with Crippen molar-refractivity contribution in [1.82, 2.24) is 5.32 Å². The number of hydrogen-bond acceptors (Lipinski definition) is 3. The molecule has 0 fully saturated rings. The van der Waals surface area contributed by atoms with E-state index in [1.807, 2.05) is 6.92 Å². The number of nitrogen functional groups attached to an aromatic ring is 1. The summed E-state index contributed by atoms with van der Waals surface area (Å²) < 4.78 is 19.1. The molecule has 0 saturated carbocycles. The Morgan fingerprint density at radius 2 is 1.95 bits per heavy atom. The number of aryl methyl sites for hydroxylation is 1. The second kappa shape index (κ2) is 5.61. The van der Waals surface area contributed by atoms with Gasteiger partial charge in [-0.05, 0) is 42.8 Å². The molecule has 2 rings (SSSR count). The zero-order chi connectivity index (χ0) is 14.7. The van der Waals surface area contributed by atoms with Gasteiger partial charge in [0.15, 0.2) is 17.3 Å². The lowest BCUT2D eigenvalue weighted by Crippen LogP contribution is -2.17. The standard InChI is InChI=1S/C15H15FN2O2/c1-9-3-5-11(16)14(7-9)20-13-6-4-10(8-12(13)17)15(19)18-2/h3-8H,17H2,1-2H3,(H,18,19). The number of benzene rings is 2. The Morgan fingerprint density at radius 3 is 2.60 bits per heavy atom. The summed E-state index contributed by atoms with van der Waals surface area (Å²) in [6.45, 7) is 1.84.